The largest absolute Gasteiger partial charge is 0.507 e. The van der Waals surface area contributed by atoms with Crippen molar-refractivity contribution in [2.75, 3.05) is 19.1 Å². The predicted octanol–water partition coefficient (Wildman–Crippen LogP) is 4.85. The zero-order valence-electron chi connectivity index (χ0n) is 17.3. The summed E-state index contributed by atoms with van der Waals surface area (Å²) in [6.45, 7) is 0. The molecule has 7 nitrogen and oxygen atoms in total. The molecule has 0 spiro atoms. The lowest BCUT2D eigenvalue weighted by Crippen LogP contribution is -2.29. The van der Waals surface area contributed by atoms with Gasteiger partial charge in [-0.25, -0.2) is 8.78 Å². The molecule has 2 aromatic carbocycles. The van der Waals surface area contributed by atoms with Gasteiger partial charge in [0.1, 0.15) is 29.1 Å². The van der Waals surface area contributed by atoms with Crippen LogP contribution in [0.25, 0.3) is 5.76 Å². The molecule has 3 aromatic rings. The Morgan fingerprint density at radius 3 is 2.39 bits per heavy atom. The molecular formula is C23H16ClF2NO6. The molecule has 1 saturated heterocycles. The van der Waals surface area contributed by atoms with Crippen LogP contribution in [0.3, 0.4) is 0 Å². The molecule has 1 aromatic heterocycles. The summed E-state index contributed by atoms with van der Waals surface area (Å²) in [5.74, 6) is -4.65. The molecule has 1 unspecified atom stereocenters. The maximum Gasteiger partial charge on any atom is 0.300 e. The number of ketones is 1. The number of hydrogen-bond donors (Lipinski definition) is 1. The Balaban J connectivity index is 1.97. The number of anilines is 1. The van der Waals surface area contributed by atoms with E-state index in [0.29, 0.717) is 0 Å². The second-order valence-corrected chi connectivity index (χ2v) is 7.38. The van der Waals surface area contributed by atoms with Gasteiger partial charge in [0.15, 0.2) is 11.6 Å². The lowest BCUT2D eigenvalue weighted by molar-refractivity contribution is -0.132. The summed E-state index contributed by atoms with van der Waals surface area (Å²) in [5.41, 5.74) is -0.418. The average molecular weight is 476 g/mol. The van der Waals surface area contributed by atoms with Crippen molar-refractivity contribution in [1.29, 1.82) is 0 Å². The number of ether oxygens (including phenoxy) is 2. The van der Waals surface area contributed by atoms with E-state index in [9.17, 15) is 23.5 Å². The Morgan fingerprint density at radius 1 is 1.06 bits per heavy atom. The highest BCUT2D eigenvalue weighted by Crippen LogP contribution is 2.45. The van der Waals surface area contributed by atoms with Crippen molar-refractivity contribution in [3.05, 3.63) is 82.3 Å². The number of methoxy groups -OCH3 is 2. The van der Waals surface area contributed by atoms with Crippen LogP contribution >= 0.6 is 11.6 Å². The molecule has 1 aliphatic rings. The number of furan rings is 1. The van der Waals surface area contributed by atoms with Crippen LogP contribution in [0, 0.1) is 11.6 Å². The molecule has 33 heavy (non-hydrogen) atoms. The summed E-state index contributed by atoms with van der Waals surface area (Å²) < 4.78 is 43.3. The third kappa shape index (κ3) is 3.70. The maximum absolute atomic E-state index is 13.9. The monoisotopic (exact) mass is 475 g/mol. The molecule has 0 bridgehead atoms. The van der Waals surface area contributed by atoms with Crippen LogP contribution < -0.4 is 14.4 Å². The number of amides is 1. The summed E-state index contributed by atoms with van der Waals surface area (Å²) in [6, 6.07) is 7.22. The molecule has 1 amide bonds. The van der Waals surface area contributed by atoms with Gasteiger partial charge in [0.25, 0.3) is 11.7 Å². The number of carbonyl (C=O) groups excluding carboxylic acids is 2. The highest BCUT2D eigenvalue weighted by atomic mass is 35.5. The van der Waals surface area contributed by atoms with Gasteiger partial charge in [-0.2, -0.15) is 0 Å². The SMILES string of the molecule is COc1cc(/C(O)=C2\C(=O)C(=O)N(c3ccc(F)c(F)c3)C2c2ccco2)c(OC)cc1Cl. The van der Waals surface area contributed by atoms with E-state index in [2.05, 4.69) is 0 Å². The summed E-state index contributed by atoms with van der Waals surface area (Å²) in [6.07, 6.45) is 1.31. The van der Waals surface area contributed by atoms with Gasteiger partial charge in [-0.05, 0) is 30.3 Å². The van der Waals surface area contributed by atoms with E-state index in [1.807, 2.05) is 0 Å². The van der Waals surface area contributed by atoms with Gasteiger partial charge in [-0.1, -0.05) is 11.6 Å². The number of carbonyl (C=O) groups is 2. The zero-order valence-corrected chi connectivity index (χ0v) is 18.0. The van der Waals surface area contributed by atoms with E-state index >= 15 is 0 Å². The standard InChI is InChI=1S/C23H16ClF2NO6/c1-31-17-10-13(24)18(32-2)9-12(17)21(28)19-20(16-4-3-7-33-16)27(23(30)22(19)29)11-5-6-14(25)15(26)8-11/h3-10,20,28H,1-2H3/b21-19+. The topological polar surface area (TPSA) is 89.2 Å². The van der Waals surface area contributed by atoms with Crippen LogP contribution in [-0.2, 0) is 9.59 Å². The fraction of sp³-hybridized carbons (Fsp3) is 0.130. The van der Waals surface area contributed by atoms with Crippen molar-refractivity contribution < 1.29 is 37.4 Å². The molecule has 10 heteroatoms. The third-order valence-corrected chi connectivity index (χ3v) is 5.46. The van der Waals surface area contributed by atoms with Crippen LogP contribution in [0.2, 0.25) is 5.02 Å². The molecule has 0 saturated carbocycles. The van der Waals surface area contributed by atoms with E-state index in [4.69, 9.17) is 25.5 Å². The van der Waals surface area contributed by atoms with Gasteiger partial charge in [0.2, 0.25) is 0 Å². The van der Waals surface area contributed by atoms with Gasteiger partial charge in [-0.15, -0.1) is 0 Å². The second-order valence-electron chi connectivity index (χ2n) is 6.97. The van der Waals surface area contributed by atoms with Crippen LogP contribution in [0.5, 0.6) is 11.5 Å². The van der Waals surface area contributed by atoms with Crippen molar-refractivity contribution in [3.8, 4) is 11.5 Å². The number of rotatable bonds is 5. The predicted molar refractivity (Wildman–Crippen MR) is 114 cm³/mol. The van der Waals surface area contributed by atoms with Crippen LogP contribution in [0.4, 0.5) is 14.5 Å². The van der Waals surface area contributed by atoms with Crippen LogP contribution in [0.1, 0.15) is 17.4 Å². The summed E-state index contributed by atoms with van der Waals surface area (Å²) in [7, 11) is 2.70. The molecule has 4 rings (SSSR count). The van der Waals surface area contributed by atoms with Crippen molar-refractivity contribution in [1.82, 2.24) is 0 Å². The normalized spacial score (nSPS) is 17.5. The number of aliphatic hydroxyl groups excluding tert-OH is 1. The van der Waals surface area contributed by atoms with Crippen molar-refractivity contribution in [3.63, 3.8) is 0 Å². The van der Waals surface area contributed by atoms with E-state index in [-0.39, 0.29) is 39.1 Å². The molecule has 0 aliphatic carbocycles. The first-order valence-corrected chi connectivity index (χ1v) is 9.87. The van der Waals surface area contributed by atoms with E-state index in [1.54, 1.807) is 0 Å². The Labute approximate surface area is 191 Å². The number of halogens is 3. The van der Waals surface area contributed by atoms with Gasteiger partial charge in [-0.3, -0.25) is 14.5 Å². The molecule has 1 atom stereocenters. The maximum atomic E-state index is 13.9. The molecule has 170 valence electrons. The first kappa shape index (κ1) is 22.3. The highest BCUT2D eigenvalue weighted by Gasteiger charge is 2.48. The minimum absolute atomic E-state index is 0.0265. The Hall–Kier alpha value is -3.85. The van der Waals surface area contributed by atoms with Gasteiger partial charge >= 0.3 is 0 Å². The molecule has 1 N–H and O–H groups in total. The van der Waals surface area contributed by atoms with E-state index in [0.717, 1.165) is 23.1 Å². The quantitative estimate of drug-likeness (QED) is 0.322. The van der Waals surface area contributed by atoms with Crippen molar-refractivity contribution in [2.24, 2.45) is 0 Å². The summed E-state index contributed by atoms with van der Waals surface area (Å²) in [5, 5.41) is 11.4. The molecule has 0 radical (unpaired) electrons. The summed E-state index contributed by atoms with van der Waals surface area (Å²) in [4.78, 5) is 27.0. The average Bonchev–Trinajstić information content (AvgIpc) is 3.42. The van der Waals surface area contributed by atoms with Gasteiger partial charge < -0.3 is 19.0 Å². The van der Waals surface area contributed by atoms with E-state index in [1.165, 1.54) is 44.7 Å². The Bertz CT molecular complexity index is 1290. The van der Waals surface area contributed by atoms with Crippen LogP contribution in [0.15, 0.2) is 58.7 Å². The zero-order chi connectivity index (χ0) is 23.9. The summed E-state index contributed by atoms with van der Waals surface area (Å²) >= 11 is 6.12. The van der Waals surface area contributed by atoms with Crippen LogP contribution in [-0.4, -0.2) is 31.0 Å². The minimum atomic E-state index is -1.27. The molecule has 1 aliphatic heterocycles. The number of benzene rings is 2. The lowest BCUT2D eigenvalue weighted by Gasteiger charge is -2.23. The molecule has 2 heterocycles. The smallest absolute Gasteiger partial charge is 0.300 e. The van der Waals surface area contributed by atoms with Crippen molar-refractivity contribution >= 4 is 34.7 Å². The fourth-order valence-corrected chi connectivity index (χ4v) is 3.87. The fourth-order valence-electron chi connectivity index (χ4n) is 3.64. The number of Topliss-reactive ketones (excluding diaryl/α,β-unsaturated/α-hetero) is 1. The minimum Gasteiger partial charge on any atom is -0.507 e. The van der Waals surface area contributed by atoms with Crippen molar-refractivity contribution in [2.45, 2.75) is 6.04 Å². The molecular weight excluding hydrogens is 460 g/mol. The van der Waals surface area contributed by atoms with Gasteiger partial charge in [0.05, 0.1) is 36.6 Å². The number of hydrogen-bond acceptors (Lipinski definition) is 6. The Kier molecular flexibility index (Phi) is 5.82. The first-order valence-electron chi connectivity index (χ1n) is 9.49. The lowest BCUT2D eigenvalue weighted by atomic mass is 9.98. The second kappa shape index (κ2) is 8.59. The Morgan fingerprint density at radius 2 is 1.79 bits per heavy atom. The number of nitrogens with zero attached hydrogens (tertiary/aromatic N) is 1. The third-order valence-electron chi connectivity index (χ3n) is 5.17. The van der Waals surface area contributed by atoms with E-state index < -0.39 is 35.1 Å². The first-order chi connectivity index (χ1) is 15.8. The van der Waals surface area contributed by atoms with Gasteiger partial charge in [0, 0.05) is 17.8 Å². The highest BCUT2D eigenvalue weighted by molar-refractivity contribution is 6.51. The molecule has 1 fully saturated rings. The number of aliphatic hydroxyl groups is 1.